The number of unbranched alkanes of at least 4 members (excludes halogenated alkanes) is 6. The molecule has 0 amide bonds. The van der Waals surface area contributed by atoms with Crippen molar-refractivity contribution in [2.75, 3.05) is 18.0 Å². The Morgan fingerprint density at radius 2 is 1.07 bits per heavy atom. The van der Waals surface area contributed by atoms with E-state index >= 15 is 0 Å². The van der Waals surface area contributed by atoms with Crippen LogP contribution in [0.25, 0.3) is 0 Å². The fourth-order valence-corrected chi connectivity index (χ4v) is 3.82. The Balaban J connectivity index is 2.19. The predicted molar refractivity (Wildman–Crippen MR) is 127 cm³/mol. The third kappa shape index (κ3) is 7.27. The van der Waals surface area contributed by atoms with Crippen molar-refractivity contribution in [2.45, 2.75) is 65.2 Å². The minimum atomic E-state index is 0.922. The molecule has 152 valence electrons. The van der Waals surface area contributed by atoms with E-state index in [0.717, 1.165) is 29.6 Å². The van der Waals surface area contributed by atoms with Gasteiger partial charge in [-0.2, -0.15) is 0 Å². The van der Waals surface area contributed by atoms with Crippen LogP contribution in [0.4, 0.5) is 11.4 Å². The van der Waals surface area contributed by atoms with Gasteiger partial charge in [-0.1, -0.05) is 88.8 Å². The van der Waals surface area contributed by atoms with Gasteiger partial charge in [-0.05, 0) is 49.3 Å². The first-order chi connectivity index (χ1) is 13.8. The van der Waals surface area contributed by atoms with Gasteiger partial charge in [-0.15, -0.1) is 0 Å². The van der Waals surface area contributed by atoms with E-state index < -0.39 is 0 Å². The normalized spacial score (nSPS) is 10.6. The standard InChI is InChI=1S/C25H36N2S/c1-3-5-7-15-21-26(22-16-8-6-4-2)25(28)27(23-17-11-9-12-18-23)24-19-13-10-14-20-24/h9-14,17-20H,3-8,15-16,21-22H2,1-2H3. The zero-order valence-electron chi connectivity index (χ0n) is 17.6. The number of anilines is 2. The van der Waals surface area contributed by atoms with Crippen LogP contribution in [-0.2, 0) is 0 Å². The van der Waals surface area contributed by atoms with Gasteiger partial charge in [0.15, 0.2) is 5.11 Å². The minimum Gasteiger partial charge on any atom is -0.349 e. The van der Waals surface area contributed by atoms with E-state index in [4.69, 9.17) is 12.2 Å². The molecular weight excluding hydrogens is 360 g/mol. The van der Waals surface area contributed by atoms with Crippen molar-refractivity contribution in [1.29, 1.82) is 0 Å². The van der Waals surface area contributed by atoms with Crippen molar-refractivity contribution in [3.05, 3.63) is 60.7 Å². The summed E-state index contributed by atoms with van der Waals surface area (Å²) in [5.74, 6) is 0. The van der Waals surface area contributed by atoms with E-state index in [2.05, 4.69) is 84.3 Å². The molecule has 0 aromatic heterocycles. The van der Waals surface area contributed by atoms with Gasteiger partial charge in [0.05, 0.1) is 0 Å². The van der Waals surface area contributed by atoms with Crippen LogP contribution in [0.1, 0.15) is 65.2 Å². The number of hydrogen-bond acceptors (Lipinski definition) is 1. The Hall–Kier alpha value is -1.87. The van der Waals surface area contributed by atoms with Crippen molar-refractivity contribution in [2.24, 2.45) is 0 Å². The van der Waals surface area contributed by atoms with E-state index in [-0.39, 0.29) is 0 Å². The summed E-state index contributed by atoms with van der Waals surface area (Å²) in [7, 11) is 0. The number of para-hydroxylation sites is 2. The number of rotatable bonds is 12. The molecule has 0 radical (unpaired) electrons. The van der Waals surface area contributed by atoms with Crippen LogP contribution >= 0.6 is 12.2 Å². The lowest BCUT2D eigenvalue weighted by atomic mass is 10.1. The molecule has 2 nitrogen and oxygen atoms in total. The van der Waals surface area contributed by atoms with Gasteiger partial charge in [0, 0.05) is 24.5 Å². The summed E-state index contributed by atoms with van der Waals surface area (Å²) in [6, 6.07) is 21.0. The molecule has 0 atom stereocenters. The van der Waals surface area contributed by atoms with Crippen LogP contribution in [0, 0.1) is 0 Å². The first-order valence-electron chi connectivity index (χ1n) is 11.0. The van der Waals surface area contributed by atoms with E-state index in [1.165, 1.54) is 51.4 Å². The molecule has 0 aliphatic heterocycles. The van der Waals surface area contributed by atoms with E-state index in [0.29, 0.717) is 0 Å². The van der Waals surface area contributed by atoms with Crippen molar-refractivity contribution in [1.82, 2.24) is 4.90 Å². The lowest BCUT2D eigenvalue weighted by molar-refractivity contribution is 0.388. The monoisotopic (exact) mass is 396 g/mol. The second-order valence-electron chi connectivity index (χ2n) is 7.40. The van der Waals surface area contributed by atoms with Crippen molar-refractivity contribution < 1.29 is 0 Å². The largest absolute Gasteiger partial charge is 0.349 e. The van der Waals surface area contributed by atoms with Gasteiger partial charge >= 0.3 is 0 Å². The van der Waals surface area contributed by atoms with Crippen molar-refractivity contribution >= 4 is 28.7 Å². The summed E-state index contributed by atoms with van der Waals surface area (Å²) >= 11 is 6.07. The van der Waals surface area contributed by atoms with Crippen LogP contribution in [0.3, 0.4) is 0 Å². The van der Waals surface area contributed by atoms with Gasteiger partial charge in [0.1, 0.15) is 0 Å². The predicted octanol–water partition coefficient (Wildman–Crippen LogP) is 7.57. The summed E-state index contributed by atoms with van der Waals surface area (Å²) in [5, 5.41) is 0.922. The van der Waals surface area contributed by atoms with Gasteiger partial charge in [0.2, 0.25) is 0 Å². The highest BCUT2D eigenvalue weighted by atomic mass is 32.1. The van der Waals surface area contributed by atoms with E-state index in [1.807, 2.05) is 0 Å². The Kier molecular flexibility index (Phi) is 10.7. The van der Waals surface area contributed by atoms with Crippen LogP contribution < -0.4 is 4.90 Å². The average molecular weight is 397 g/mol. The third-order valence-electron chi connectivity index (χ3n) is 5.05. The molecule has 0 saturated heterocycles. The summed E-state index contributed by atoms with van der Waals surface area (Å²) in [6.07, 6.45) is 10.1. The molecule has 0 saturated carbocycles. The molecule has 2 aromatic rings. The van der Waals surface area contributed by atoms with Gasteiger partial charge < -0.3 is 4.90 Å². The lowest BCUT2D eigenvalue weighted by Gasteiger charge is -2.34. The molecule has 0 aliphatic rings. The highest BCUT2D eigenvalue weighted by Gasteiger charge is 2.19. The number of hydrogen-bond donors (Lipinski definition) is 0. The second-order valence-corrected chi connectivity index (χ2v) is 7.76. The molecule has 0 aliphatic carbocycles. The van der Waals surface area contributed by atoms with Crippen LogP contribution in [0.2, 0.25) is 0 Å². The van der Waals surface area contributed by atoms with Crippen LogP contribution in [0.15, 0.2) is 60.7 Å². The highest BCUT2D eigenvalue weighted by molar-refractivity contribution is 7.80. The van der Waals surface area contributed by atoms with Crippen molar-refractivity contribution in [3.63, 3.8) is 0 Å². The van der Waals surface area contributed by atoms with Gasteiger partial charge in [-0.25, -0.2) is 0 Å². The maximum Gasteiger partial charge on any atom is 0.180 e. The summed E-state index contributed by atoms with van der Waals surface area (Å²) < 4.78 is 0. The summed E-state index contributed by atoms with van der Waals surface area (Å²) in [4.78, 5) is 4.66. The Morgan fingerprint density at radius 3 is 1.46 bits per heavy atom. The Labute approximate surface area is 177 Å². The first-order valence-corrected chi connectivity index (χ1v) is 11.4. The topological polar surface area (TPSA) is 6.48 Å². The number of thiocarbonyl (C=S) groups is 1. The zero-order chi connectivity index (χ0) is 20.0. The van der Waals surface area contributed by atoms with Gasteiger partial charge in [-0.3, -0.25) is 4.90 Å². The van der Waals surface area contributed by atoms with Gasteiger partial charge in [0.25, 0.3) is 0 Å². The van der Waals surface area contributed by atoms with E-state index in [9.17, 15) is 0 Å². The Bertz CT molecular complexity index is 605. The average Bonchev–Trinajstić information content (AvgIpc) is 2.74. The van der Waals surface area contributed by atoms with Crippen LogP contribution in [0.5, 0.6) is 0 Å². The molecule has 0 heterocycles. The highest BCUT2D eigenvalue weighted by Crippen LogP contribution is 2.27. The zero-order valence-corrected chi connectivity index (χ0v) is 18.5. The molecule has 0 spiro atoms. The summed E-state index contributed by atoms with van der Waals surface area (Å²) in [6.45, 7) is 6.61. The number of benzene rings is 2. The third-order valence-corrected chi connectivity index (χ3v) is 5.49. The molecule has 0 bridgehead atoms. The molecule has 3 heteroatoms. The molecule has 0 unspecified atom stereocenters. The van der Waals surface area contributed by atoms with Crippen LogP contribution in [-0.4, -0.2) is 23.1 Å². The maximum atomic E-state index is 6.07. The molecule has 2 rings (SSSR count). The molecule has 2 aromatic carbocycles. The summed E-state index contributed by atoms with van der Waals surface area (Å²) in [5.41, 5.74) is 2.26. The lowest BCUT2D eigenvalue weighted by Crippen LogP contribution is -2.41. The smallest absolute Gasteiger partial charge is 0.180 e. The Morgan fingerprint density at radius 1 is 0.643 bits per heavy atom. The fourth-order valence-electron chi connectivity index (χ4n) is 3.43. The SMILES string of the molecule is CCCCCCN(CCCCCC)C(=S)N(c1ccccc1)c1ccccc1. The molecule has 28 heavy (non-hydrogen) atoms. The number of nitrogens with zero attached hydrogens (tertiary/aromatic N) is 2. The first kappa shape index (κ1) is 22.4. The molecule has 0 N–H and O–H groups in total. The maximum absolute atomic E-state index is 6.07. The van der Waals surface area contributed by atoms with E-state index in [1.54, 1.807) is 0 Å². The fraction of sp³-hybridized carbons (Fsp3) is 0.480. The molecule has 0 fully saturated rings. The quantitative estimate of drug-likeness (QED) is 0.270. The van der Waals surface area contributed by atoms with Crippen molar-refractivity contribution in [3.8, 4) is 0 Å². The second kappa shape index (κ2) is 13.3. The minimum absolute atomic E-state index is 0.922. The molecular formula is C25H36N2S.